The highest BCUT2D eigenvalue weighted by molar-refractivity contribution is 5.45. The van der Waals surface area contributed by atoms with Crippen molar-refractivity contribution >= 4 is 0 Å². The van der Waals surface area contributed by atoms with Crippen molar-refractivity contribution in [2.45, 2.75) is 26.9 Å². The Hall–Kier alpha value is -1.50. The molecule has 1 aromatic carbocycles. The molecule has 0 saturated heterocycles. The van der Waals surface area contributed by atoms with Crippen molar-refractivity contribution in [2.24, 2.45) is 5.92 Å². The van der Waals surface area contributed by atoms with E-state index in [-0.39, 0.29) is 6.61 Å². The lowest BCUT2D eigenvalue weighted by Gasteiger charge is -2.10. The molecule has 0 aliphatic rings. The van der Waals surface area contributed by atoms with E-state index in [1.165, 1.54) is 0 Å². The van der Waals surface area contributed by atoms with Crippen molar-refractivity contribution < 1.29 is 14.6 Å². The average Bonchev–Trinajstić information content (AvgIpc) is 2.40. The van der Waals surface area contributed by atoms with Crippen molar-refractivity contribution in [1.29, 1.82) is 0 Å². The Balaban J connectivity index is 2.81. The summed E-state index contributed by atoms with van der Waals surface area (Å²) < 4.78 is 10.9. The summed E-state index contributed by atoms with van der Waals surface area (Å²) in [6.45, 7) is 5.57. The van der Waals surface area contributed by atoms with Gasteiger partial charge >= 0.3 is 0 Å². The molecule has 3 heteroatoms. The van der Waals surface area contributed by atoms with Gasteiger partial charge in [0.2, 0.25) is 0 Å². The monoisotopic (exact) mass is 262 g/mol. The van der Waals surface area contributed by atoms with Crippen LogP contribution in [0.5, 0.6) is 5.75 Å². The Morgan fingerprint density at radius 2 is 2.11 bits per heavy atom. The van der Waals surface area contributed by atoms with E-state index < -0.39 is 0 Å². The highest BCUT2D eigenvalue weighted by atomic mass is 16.5. The minimum Gasteiger partial charge on any atom is -0.497 e. The van der Waals surface area contributed by atoms with Crippen molar-refractivity contribution in [3.05, 3.63) is 29.3 Å². The average molecular weight is 262 g/mol. The molecule has 0 fully saturated rings. The molecule has 1 N–H and O–H groups in total. The topological polar surface area (TPSA) is 38.7 Å². The zero-order chi connectivity index (χ0) is 14.1. The van der Waals surface area contributed by atoms with E-state index in [1.807, 2.05) is 18.2 Å². The molecule has 1 aromatic rings. The van der Waals surface area contributed by atoms with Crippen LogP contribution in [0.1, 0.15) is 31.4 Å². The number of ether oxygens (including phenoxy) is 2. The minimum atomic E-state index is 0.0857. The summed E-state index contributed by atoms with van der Waals surface area (Å²) in [5.74, 6) is 7.30. The van der Waals surface area contributed by atoms with Crippen molar-refractivity contribution in [1.82, 2.24) is 0 Å². The Kier molecular flexibility index (Phi) is 7.02. The third-order valence-electron chi connectivity index (χ3n) is 2.48. The van der Waals surface area contributed by atoms with Gasteiger partial charge < -0.3 is 14.6 Å². The molecule has 0 spiro atoms. The fraction of sp³-hybridized carbons (Fsp3) is 0.500. The highest BCUT2D eigenvalue weighted by Crippen LogP contribution is 2.18. The standard InChI is InChI=1S/C16H22O3/c1-13(2)11-19-12-15-10-16(18-3)8-7-14(15)6-4-5-9-17/h7-8,10,13,17H,5,9,11-12H2,1-3H3. The number of benzene rings is 1. The Bertz CT molecular complexity index is 441. The predicted molar refractivity (Wildman–Crippen MR) is 76.1 cm³/mol. The van der Waals surface area contributed by atoms with Gasteiger partial charge in [0.1, 0.15) is 5.75 Å². The molecule has 104 valence electrons. The quantitative estimate of drug-likeness (QED) is 0.801. The summed E-state index contributed by atoms with van der Waals surface area (Å²) >= 11 is 0. The first-order valence-electron chi connectivity index (χ1n) is 6.51. The molecule has 0 aliphatic carbocycles. The Labute approximate surface area is 115 Å². The van der Waals surface area contributed by atoms with E-state index in [0.29, 0.717) is 18.9 Å². The summed E-state index contributed by atoms with van der Waals surface area (Å²) in [6.07, 6.45) is 0.484. The van der Waals surface area contributed by atoms with Gasteiger partial charge in [0.25, 0.3) is 0 Å². The Morgan fingerprint density at radius 3 is 2.74 bits per heavy atom. The van der Waals surface area contributed by atoms with Crippen LogP contribution in [-0.4, -0.2) is 25.4 Å². The zero-order valence-electron chi connectivity index (χ0n) is 11.9. The SMILES string of the molecule is COc1ccc(C#CCCO)c(COCC(C)C)c1. The Morgan fingerprint density at radius 1 is 1.32 bits per heavy atom. The number of methoxy groups -OCH3 is 1. The molecule has 0 unspecified atom stereocenters. The van der Waals surface area contributed by atoms with Gasteiger partial charge in [0.15, 0.2) is 0 Å². The van der Waals surface area contributed by atoms with Crippen molar-refractivity contribution in [2.75, 3.05) is 20.3 Å². The maximum atomic E-state index is 8.75. The molecule has 0 aliphatic heterocycles. The van der Waals surface area contributed by atoms with Crippen LogP contribution in [-0.2, 0) is 11.3 Å². The molecule has 0 saturated carbocycles. The first-order chi connectivity index (χ1) is 9.17. The van der Waals surface area contributed by atoms with Crippen LogP contribution in [0.25, 0.3) is 0 Å². The first kappa shape index (κ1) is 15.6. The van der Waals surface area contributed by atoms with Crippen LogP contribution >= 0.6 is 0 Å². The molecule has 1 rings (SSSR count). The zero-order valence-corrected chi connectivity index (χ0v) is 11.9. The second kappa shape index (κ2) is 8.58. The van der Waals surface area contributed by atoms with Crippen molar-refractivity contribution in [3.8, 4) is 17.6 Å². The van der Waals surface area contributed by atoms with Crippen LogP contribution in [0.15, 0.2) is 18.2 Å². The van der Waals surface area contributed by atoms with Gasteiger partial charge in [0, 0.05) is 18.6 Å². The number of hydrogen-bond acceptors (Lipinski definition) is 3. The summed E-state index contributed by atoms with van der Waals surface area (Å²) in [7, 11) is 1.64. The van der Waals surface area contributed by atoms with Crippen molar-refractivity contribution in [3.63, 3.8) is 0 Å². The fourth-order valence-corrected chi connectivity index (χ4v) is 1.56. The number of hydrogen-bond donors (Lipinski definition) is 1. The van der Waals surface area contributed by atoms with E-state index in [4.69, 9.17) is 14.6 Å². The second-order valence-corrected chi connectivity index (χ2v) is 4.71. The van der Waals surface area contributed by atoms with Gasteiger partial charge in [0.05, 0.1) is 20.3 Å². The van der Waals surface area contributed by atoms with E-state index in [0.717, 1.165) is 23.5 Å². The molecule has 3 nitrogen and oxygen atoms in total. The smallest absolute Gasteiger partial charge is 0.119 e. The summed E-state index contributed by atoms with van der Waals surface area (Å²) in [5, 5.41) is 8.75. The van der Waals surface area contributed by atoms with Crippen LogP contribution in [0.4, 0.5) is 0 Å². The van der Waals surface area contributed by atoms with Crippen LogP contribution in [0.3, 0.4) is 0 Å². The lowest BCUT2D eigenvalue weighted by molar-refractivity contribution is 0.0968. The third kappa shape index (κ3) is 5.78. The van der Waals surface area contributed by atoms with Crippen LogP contribution in [0.2, 0.25) is 0 Å². The fourth-order valence-electron chi connectivity index (χ4n) is 1.56. The molecule has 0 bridgehead atoms. The lowest BCUT2D eigenvalue weighted by Crippen LogP contribution is -2.03. The lowest BCUT2D eigenvalue weighted by atomic mass is 10.1. The maximum Gasteiger partial charge on any atom is 0.119 e. The molecule has 0 radical (unpaired) electrons. The number of aliphatic hydroxyl groups excluding tert-OH is 1. The van der Waals surface area contributed by atoms with E-state index in [9.17, 15) is 0 Å². The molecule has 0 aromatic heterocycles. The van der Waals surface area contributed by atoms with Gasteiger partial charge in [-0.15, -0.1) is 0 Å². The van der Waals surface area contributed by atoms with Crippen LogP contribution in [0, 0.1) is 17.8 Å². The van der Waals surface area contributed by atoms with E-state index >= 15 is 0 Å². The minimum absolute atomic E-state index is 0.0857. The predicted octanol–water partition coefficient (Wildman–Crippen LogP) is 2.60. The normalized spacial score (nSPS) is 10.2. The van der Waals surface area contributed by atoms with Gasteiger partial charge in [-0.2, -0.15) is 0 Å². The van der Waals surface area contributed by atoms with Gasteiger partial charge in [-0.05, 0) is 29.7 Å². The number of rotatable bonds is 6. The molecule has 0 amide bonds. The second-order valence-electron chi connectivity index (χ2n) is 4.71. The molecular formula is C16H22O3. The summed E-state index contributed by atoms with van der Waals surface area (Å²) in [6, 6.07) is 5.76. The van der Waals surface area contributed by atoms with Gasteiger partial charge in [-0.3, -0.25) is 0 Å². The van der Waals surface area contributed by atoms with Gasteiger partial charge in [-0.25, -0.2) is 0 Å². The molecular weight excluding hydrogens is 240 g/mol. The molecule has 19 heavy (non-hydrogen) atoms. The highest BCUT2D eigenvalue weighted by Gasteiger charge is 2.04. The summed E-state index contributed by atoms with van der Waals surface area (Å²) in [5.41, 5.74) is 1.95. The largest absolute Gasteiger partial charge is 0.497 e. The summed E-state index contributed by atoms with van der Waals surface area (Å²) in [4.78, 5) is 0. The third-order valence-corrected chi connectivity index (χ3v) is 2.48. The van der Waals surface area contributed by atoms with E-state index in [2.05, 4.69) is 25.7 Å². The number of aliphatic hydroxyl groups is 1. The van der Waals surface area contributed by atoms with Gasteiger partial charge in [-0.1, -0.05) is 25.7 Å². The maximum absolute atomic E-state index is 8.75. The molecule has 0 atom stereocenters. The molecule has 0 heterocycles. The van der Waals surface area contributed by atoms with Crippen LogP contribution < -0.4 is 4.74 Å². The van der Waals surface area contributed by atoms with E-state index in [1.54, 1.807) is 7.11 Å². The first-order valence-corrected chi connectivity index (χ1v) is 6.51.